The molecule has 1 heterocycles. The summed E-state index contributed by atoms with van der Waals surface area (Å²) in [5.41, 5.74) is 0. The summed E-state index contributed by atoms with van der Waals surface area (Å²) in [5, 5.41) is 8.20. The number of carboxylic acid groups (broad SMARTS) is 1. The lowest BCUT2D eigenvalue weighted by atomic mass is 10.0. The Morgan fingerprint density at radius 1 is 1.40 bits per heavy atom. The highest BCUT2D eigenvalue weighted by molar-refractivity contribution is 5.73. The van der Waals surface area contributed by atoms with Crippen LogP contribution < -0.4 is 0 Å². The van der Waals surface area contributed by atoms with Crippen LogP contribution in [0, 0.1) is 0 Å². The first-order valence-corrected chi connectivity index (χ1v) is 4.75. The van der Waals surface area contributed by atoms with Gasteiger partial charge in [-0.3, -0.25) is 0 Å². The molecule has 0 aliphatic carbocycles. The first-order valence-electron chi connectivity index (χ1n) is 4.75. The Hall–Kier alpha value is -0.750. The molecule has 88 valence electrons. The fourth-order valence-corrected chi connectivity index (χ4v) is 1.70. The van der Waals surface area contributed by atoms with Crippen LogP contribution in [0.1, 0.15) is 26.7 Å². The number of alkyl halides is 2. The summed E-state index contributed by atoms with van der Waals surface area (Å²) in [4.78, 5) is 10.2. The number of halogens is 2. The van der Waals surface area contributed by atoms with Gasteiger partial charge in [-0.2, -0.15) is 8.78 Å². The van der Waals surface area contributed by atoms with Crippen LogP contribution in [-0.4, -0.2) is 35.5 Å². The molecule has 6 heteroatoms. The summed E-state index contributed by atoms with van der Waals surface area (Å²) >= 11 is 0. The van der Waals surface area contributed by atoms with Gasteiger partial charge < -0.3 is 14.6 Å². The van der Waals surface area contributed by atoms with Crippen molar-refractivity contribution in [1.82, 2.24) is 0 Å². The van der Waals surface area contributed by atoms with Crippen LogP contribution in [-0.2, 0) is 14.3 Å². The minimum Gasteiger partial charge on any atom is -0.475 e. The van der Waals surface area contributed by atoms with Crippen LogP contribution in [0.2, 0.25) is 0 Å². The third-order valence-electron chi connectivity index (χ3n) is 2.22. The summed E-state index contributed by atoms with van der Waals surface area (Å²) in [6.45, 7) is 3.48. The standard InChI is InChI=1S/C9H14F2O4/c1-5-3-7(4-6(2)14-5)15-9(10,11)8(12)13/h5-7H,3-4H2,1-2H3,(H,12,13). The highest BCUT2D eigenvalue weighted by Gasteiger charge is 2.44. The lowest BCUT2D eigenvalue weighted by Gasteiger charge is -2.32. The zero-order valence-corrected chi connectivity index (χ0v) is 8.57. The lowest BCUT2D eigenvalue weighted by molar-refractivity contribution is -0.275. The second-order valence-electron chi connectivity index (χ2n) is 3.79. The van der Waals surface area contributed by atoms with E-state index in [1.807, 2.05) is 0 Å². The van der Waals surface area contributed by atoms with Crippen molar-refractivity contribution in [1.29, 1.82) is 0 Å². The predicted octanol–water partition coefficient (Wildman–Crippen LogP) is 1.64. The van der Waals surface area contributed by atoms with Gasteiger partial charge in [0.25, 0.3) is 0 Å². The van der Waals surface area contributed by atoms with Crippen LogP contribution in [0.25, 0.3) is 0 Å². The molecule has 0 aromatic carbocycles. The molecule has 0 radical (unpaired) electrons. The van der Waals surface area contributed by atoms with E-state index >= 15 is 0 Å². The maximum atomic E-state index is 12.7. The Labute approximate surface area is 86.2 Å². The molecule has 0 aromatic rings. The first kappa shape index (κ1) is 12.3. The Morgan fingerprint density at radius 2 is 1.87 bits per heavy atom. The molecule has 0 aromatic heterocycles. The normalized spacial score (nSPS) is 32.7. The lowest BCUT2D eigenvalue weighted by Crippen LogP contribution is -2.41. The van der Waals surface area contributed by atoms with Gasteiger partial charge >= 0.3 is 12.1 Å². The van der Waals surface area contributed by atoms with Crippen molar-refractivity contribution in [3.63, 3.8) is 0 Å². The Balaban J connectivity index is 2.54. The molecular formula is C9H14F2O4. The molecule has 1 rings (SSSR count). The summed E-state index contributed by atoms with van der Waals surface area (Å²) in [7, 11) is 0. The Bertz CT molecular complexity index is 234. The van der Waals surface area contributed by atoms with Crippen LogP contribution in [0.5, 0.6) is 0 Å². The minimum atomic E-state index is -4.11. The van der Waals surface area contributed by atoms with Gasteiger partial charge in [0, 0.05) is 0 Å². The van der Waals surface area contributed by atoms with Gasteiger partial charge in [-0.1, -0.05) is 0 Å². The van der Waals surface area contributed by atoms with Crippen LogP contribution >= 0.6 is 0 Å². The van der Waals surface area contributed by atoms with Gasteiger partial charge in [0.2, 0.25) is 0 Å². The molecule has 15 heavy (non-hydrogen) atoms. The topological polar surface area (TPSA) is 55.8 Å². The van der Waals surface area contributed by atoms with E-state index in [1.165, 1.54) is 0 Å². The molecule has 1 fully saturated rings. The van der Waals surface area contributed by atoms with E-state index in [9.17, 15) is 13.6 Å². The van der Waals surface area contributed by atoms with Crippen LogP contribution in [0.15, 0.2) is 0 Å². The summed E-state index contributed by atoms with van der Waals surface area (Å²) < 4.78 is 35.0. The van der Waals surface area contributed by atoms with Crippen molar-refractivity contribution >= 4 is 5.97 Å². The molecule has 2 atom stereocenters. The van der Waals surface area contributed by atoms with E-state index in [2.05, 4.69) is 4.74 Å². The maximum Gasteiger partial charge on any atom is 0.456 e. The van der Waals surface area contributed by atoms with Crippen molar-refractivity contribution in [3.8, 4) is 0 Å². The summed E-state index contributed by atoms with van der Waals surface area (Å²) in [6, 6.07) is 0. The fraction of sp³-hybridized carbons (Fsp3) is 0.889. The summed E-state index contributed by atoms with van der Waals surface area (Å²) in [5.74, 6) is -2.26. The first-order chi connectivity index (χ1) is 6.81. The average Bonchev–Trinajstić information content (AvgIpc) is 1.99. The molecule has 0 bridgehead atoms. The van der Waals surface area contributed by atoms with Crippen molar-refractivity contribution in [2.45, 2.75) is 51.1 Å². The van der Waals surface area contributed by atoms with Gasteiger partial charge in [0.15, 0.2) is 0 Å². The van der Waals surface area contributed by atoms with E-state index in [0.717, 1.165) is 0 Å². The number of hydrogen-bond donors (Lipinski definition) is 1. The predicted molar refractivity (Wildman–Crippen MR) is 46.7 cm³/mol. The van der Waals surface area contributed by atoms with Gasteiger partial charge in [0.05, 0.1) is 18.3 Å². The largest absolute Gasteiger partial charge is 0.475 e. The molecule has 0 saturated carbocycles. The van der Waals surface area contributed by atoms with E-state index in [0.29, 0.717) is 0 Å². The molecule has 0 spiro atoms. The summed E-state index contributed by atoms with van der Waals surface area (Å²) in [6.07, 6.45) is -4.69. The van der Waals surface area contributed by atoms with Crippen LogP contribution in [0.3, 0.4) is 0 Å². The van der Waals surface area contributed by atoms with E-state index in [4.69, 9.17) is 9.84 Å². The van der Waals surface area contributed by atoms with Gasteiger partial charge in [-0.15, -0.1) is 0 Å². The maximum absolute atomic E-state index is 12.7. The molecule has 1 aliphatic heterocycles. The van der Waals surface area contributed by atoms with Gasteiger partial charge in [-0.05, 0) is 26.7 Å². The average molecular weight is 224 g/mol. The van der Waals surface area contributed by atoms with E-state index in [1.54, 1.807) is 13.8 Å². The zero-order valence-electron chi connectivity index (χ0n) is 8.57. The van der Waals surface area contributed by atoms with Crippen molar-refractivity contribution < 1.29 is 28.2 Å². The molecule has 1 saturated heterocycles. The Morgan fingerprint density at radius 3 is 2.27 bits per heavy atom. The van der Waals surface area contributed by atoms with Crippen LogP contribution in [0.4, 0.5) is 8.78 Å². The van der Waals surface area contributed by atoms with Gasteiger partial charge in [0.1, 0.15) is 0 Å². The number of carbonyl (C=O) groups is 1. The molecule has 2 unspecified atom stereocenters. The number of hydrogen-bond acceptors (Lipinski definition) is 3. The van der Waals surface area contributed by atoms with Crippen molar-refractivity contribution in [2.24, 2.45) is 0 Å². The molecule has 0 amide bonds. The molecule has 4 nitrogen and oxygen atoms in total. The smallest absolute Gasteiger partial charge is 0.456 e. The molecular weight excluding hydrogens is 210 g/mol. The molecule has 1 aliphatic rings. The third kappa shape index (κ3) is 3.39. The number of rotatable bonds is 3. The second-order valence-corrected chi connectivity index (χ2v) is 3.79. The SMILES string of the molecule is CC1CC(OC(F)(F)C(=O)O)CC(C)O1. The van der Waals surface area contributed by atoms with E-state index in [-0.39, 0.29) is 25.0 Å². The monoisotopic (exact) mass is 224 g/mol. The van der Waals surface area contributed by atoms with Crippen molar-refractivity contribution in [2.75, 3.05) is 0 Å². The van der Waals surface area contributed by atoms with Crippen molar-refractivity contribution in [3.05, 3.63) is 0 Å². The fourth-order valence-electron chi connectivity index (χ4n) is 1.70. The quantitative estimate of drug-likeness (QED) is 0.791. The zero-order chi connectivity index (χ0) is 11.6. The highest BCUT2D eigenvalue weighted by Crippen LogP contribution is 2.27. The highest BCUT2D eigenvalue weighted by atomic mass is 19.3. The number of carboxylic acids is 1. The Kier molecular flexibility index (Phi) is 3.62. The minimum absolute atomic E-state index is 0.191. The third-order valence-corrected chi connectivity index (χ3v) is 2.22. The van der Waals surface area contributed by atoms with Gasteiger partial charge in [-0.25, -0.2) is 4.79 Å². The second kappa shape index (κ2) is 4.40. The van der Waals surface area contributed by atoms with E-state index < -0.39 is 18.2 Å². The number of ether oxygens (including phenoxy) is 2. The number of aliphatic carboxylic acids is 1. The molecule has 1 N–H and O–H groups in total.